The molecule has 0 saturated heterocycles. The molecule has 1 amide bonds. The average molecular weight is 338 g/mol. The van der Waals surface area contributed by atoms with Crippen molar-refractivity contribution in [1.82, 2.24) is 4.72 Å². The molecule has 0 atom stereocenters. The molecule has 0 radical (unpaired) electrons. The summed E-state index contributed by atoms with van der Waals surface area (Å²) in [5.74, 6) is -0.0697. The second kappa shape index (κ2) is 7.01. The number of hydrogen-bond donors (Lipinski definition) is 2. The van der Waals surface area contributed by atoms with Gasteiger partial charge in [0.25, 0.3) is 0 Å². The van der Waals surface area contributed by atoms with Crippen molar-refractivity contribution in [3.63, 3.8) is 0 Å². The average Bonchev–Trinajstić information content (AvgIpc) is 3.00. The Morgan fingerprint density at radius 1 is 1.17 bits per heavy atom. The van der Waals surface area contributed by atoms with Crippen LogP contribution in [0.2, 0.25) is 0 Å². The van der Waals surface area contributed by atoms with Crippen molar-refractivity contribution >= 4 is 21.6 Å². The van der Waals surface area contributed by atoms with E-state index in [1.165, 1.54) is 12.1 Å². The highest BCUT2D eigenvalue weighted by Gasteiger charge is 2.26. The van der Waals surface area contributed by atoms with E-state index < -0.39 is 15.4 Å². The molecular weight excluding hydrogens is 312 g/mol. The van der Waals surface area contributed by atoms with Crippen molar-refractivity contribution < 1.29 is 13.2 Å². The highest BCUT2D eigenvalue weighted by Crippen LogP contribution is 2.24. The predicted octanol–water partition coefficient (Wildman–Crippen LogP) is 3.28. The number of benzene rings is 1. The van der Waals surface area contributed by atoms with Gasteiger partial charge in [0.15, 0.2) is 0 Å². The molecule has 1 aromatic rings. The summed E-state index contributed by atoms with van der Waals surface area (Å²) in [6.07, 6.45) is 4.69. The summed E-state index contributed by atoms with van der Waals surface area (Å²) in [5, 5.41) is 2.83. The van der Waals surface area contributed by atoms with Gasteiger partial charge in [0.2, 0.25) is 15.9 Å². The molecule has 2 N–H and O–H groups in total. The Morgan fingerprint density at radius 3 is 2.26 bits per heavy atom. The lowest BCUT2D eigenvalue weighted by atomic mass is 9.89. The van der Waals surface area contributed by atoms with Gasteiger partial charge in [0, 0.05) is 17.1 Å². The molecule has 6 heteroatoms. The van der Waals surface area contributed by atoms with Crippen LogP contribution in [0.15, 0.2) is 29.2 Å². The summed E-state index contributed by atoms with van der Waals surface area (Å²) in [7, 11) is -3.48. The second-order valence-corrected chi connectivity index (χ2v) is 8.53. The number of nitrogens with one attached hydrogen (secondary N) is 2. The first-order valence-corrected chi connectivity index (χ1v) is 9.67. The van der Waals surface area contributed by atoms with Gasteiger partial charge in [-0.3, -0.25) is 4.79 Å². The van der Waals surface area contributed by atoms with Crippen molar-refractivity contribution in [2.75, 3.05) is 5.32 Å². The van der Waals surface area contributed by atoms with E-state index in [0.29, 0.717) is 5.69 Å². The lowest BCUT2D eigenvalue weighted by Crippen LogP contribution is -2.32. The molecule has 1 aromatic carbocycles. The molecule has 1 aliphatic rings. The van der Waals surface area contributed by atoms with Gasteiger partial charge in [0.1, 0.15) is 0 Å². The third-order valence-electron chi connectivity index (χ3n) is 4.60. The van der Waals surface area contributed by atoms with Crippen LogP contribution in [0.25, 0.3) is 0 Å². The lowest BCUT2D eigenvalue weighted by Gasteiger charge is -2.21. The lowest BCUT2D eigenvalue weighted by molar-refractivity contribution is -0.124. The predicted molar refractivity (Wildman–Crippen MR) is 91.7 cm³/mol. The van der Waals surface area contributed by atoms with Crippen molar-refractivity contribution in [3.05, 3.63) is 24.3 Å². The molecule has 23 heavy (non-hydrogen) atoms. The number of carbonyl (C=O) groups excluding carboxylic acids is 1. The fourth-order valence-electron chi connectivity index (χ4n) is 2.51. The number of hydrogen-bond acceptors (Lipinski definition) is 3. The summed E-state index contributed by atoms with van der Waals surface area (Å²) >= 11 is 0. The van der Waals surface area contributed by atoms with Crippen LogP contribution in [0.5, 0.6) is 0 Å². The van der Waals surface area contributed by atoms with Crippen molar-refractivity contribution in [3.8, 4) is 0 Å². The fraction of sp³-hybridized carbons (Fsp3) is 0.588. The number of anilines is 1. The first-order valence-electron chi connectivity index (χ1n) is 8.18. The SMILES string of the molecule is CCC(C)(C)C(=O)Nc1ccc(S(=O)(=O)NC2CCCC2)cc1. The Kier molecular flexibility index (Phi) is 5.47. The molecule has 0 unspecified atom stereocenters. The van der Waals surface area contributed by atoms with Crippen molar-refractivity contribution in [2.24, 2.45) is 5.41 Å². The third kappa shape index (κ3) is 4.54. The Labute approximate surface area is 138 Å². The number of amides is 1. The molecule has 1 fully saturated rings. The van der Waals surface area contributed by atoms with Gasteiger partial charge in [0.05, 0.1) is 4.90 Å². The summed E-state index contributed by atoms with van der Waals surface area (Å²) in [5.41, 5.74) is 0.158. The summed E-state index contributed by atoms with van der Waals surface area (Å²) < 4.78 is 27.4. The Bertz CT molecular complexity index is 645. The van der Waals surface area contributed by atoms with Crippen LogP contribution in [0.1, 0.15) is 52.9 Å². The van der Waals surface area contributed by atoms with Crippen LogP contribution in [-0.2, 0) is 14.8 Å². The maximum atomic E-state index is 12.3. The van der Waals surface area contributed by atoms with Crippen molar-refractivity contribution in [1.29, 1.82) is 0 Å². The van der Waals surface area contributed by atoms with Crippen LogP contribution in [0, 0.1) is 5.41 Å². The first kappa shape index (κ1) is 17.9. The minimum Gasteiger partial charge on any atom is -0.326 e. The fourth-order valence-corrected chi connectivity index (χ4v) is 3.81. The van der Waals surface area contributed by atoms with Gasteiger partial charge >= 0.3 is 0 Å². The molecule has 2 rings (SSSR count). The molecule has 0 aliphatic heterocycles. The van der Waals surface area contributed by atoms with Crippen molar-refractivity contribution in [2.45, 2.75) is 63.8 Å². The second-order valence-electron chi connectivity index (χ2n) is 6.82. The van der Waals surface area contributed by atoms with E-state index in [1.54, 1.807) is 12.1 Å². The standard InChI is InChI=1S/C17H26N2O3S/c1-4-17(2,3)16(20)18-13-9-11-15(12-10-13)23(21,22)19-14-7-5-6-8-14/h9-12,14,19H,4-8H2,1-3H3,(H,18,20). The summed E-state index contributed by atoms with van der Waals surface area (Å²) in [6.45, 7) is 5.73. The van der Waals surface area contributed by atoms with Crippen LogP contribution in [-0.4, -0.2) is 20.4 Å². The van der Waals surface area contributed by atoms with E-state index in [9.17, 15) is 13.2 Å². The van der Waals surface area contributed by atoms with E-state index in [1.807, 2.05) is 20.8 Å². The maximum Gasteiger partial charge on any atom is 0.240 e. The molecule has 128 valence electrons. The van der Waals surface area contributed by atoms with Gasteiger partial charge < -0.3 is 5.32 Å². The normalized spacial score (nSPS) is 16.5. The van der Waals surface area contributed by atoms with Gasteiger partial charge in [-0.25, -0.2) is 13.1 Å². The van der Waals surface area contributed by atoms with Crippen LogP contribution < -0.4 is 10.0 Å². The molecule has 0 heterocycles. The minimum absolute atomic E-state index is 0.0460. The molecule has 0 bridgehead atoms. The number of sulfonamides is 1. The molecule has 0 spiro atoms. The Balaban J connectivity index is 2.05. The van der Waals surface area contributed by atoms with Gasteiger partial charge in [-0.15, -0.1) is 0 Å². The molecule has 1 saturated carbocycles. The van der Waals surface area contributed by atoms with Crippen LogP contribution >= 0.6 is 0 Å². The van der Waals surface area contributed by atoms with Crippen LogP contribution in [0.4, 0.5) is 5.69 Å². The minimum atomic E-state index is -3.48. The third-order valence-corrected chi connectivity index (χ3v) is 6.13. The van der Waals surface area contributed by atoms with Crippen LogP contribution in [0.3, 0.4) is 0 Å². The number of rotatable bonds is 6. The zero-order valence-electron chi connectivity index (χ0n) is 14.1. The van der Waals surface area contributed by atoms with E-state index in [4.69, 9.17) is 0 Å². The molecule has 1 aliphatic carbocycles. The summed E-state index contributed by atoms with van der Waals surface area (Å²) in [6, 6.07) is 6.38. The largest absolute Gasteiger partial charge is 0.326 e. The zero-order chi connectivity index (χ0) is 17.1. The molecule has 0 aromatic heterocycles. The zero-order valence-corrected chi connectivity index (χ0v) is 14.9. The van der Waals surface area contributed by atoms with E-state index in [-0.39, 0.29) is 16.8 Å². The van der Waals surface area contributed by atoms with Gasteiger partial charge in [-0.05, 0) is 43.5 Å². The Hall–Kier alpha value is -1.40. The highest BCUT2D eigenvalue weighted by molar-refractivity contribution is 7.89. The molecular formula is C17H26N2O3S. The highest BCUT2D eigenvalue weighted by atomic mass is 32.2. The number of carbonyl (C=O) groups is 1. The first-order chi connectivity index (χ1) is 10.7. The Morgan fingerprint density at radius 2 is 1.74 bits per heavy atom. The monoisotopic (exact) mass is 338 g/mol. The smallest absolute Gasteiger partial charge is 0.240 e. The molecule has 5 nitrogen and oxygen atoms in total. The maximum absolute atomic E-state index is 12.3. The van der Waals surface area contributed by atoms with Gasteiger partial charge in [-0.2, -0.15) is 0 Å². The van der Waals surface area contributed by atoms with E-state index in [0.717, 1.165) is 32.1 Å². The quantitative estimate of drug-likeness (QED) is 0.836. The topological polar surface area (TPSA) is 75.3 Å². The van der Waals surface area contributed by atoms with E-state index in [2.05, 4.69) is 10.0 Å². The van der Waals surface area contributed by atoms with E-state index >= 15 is 0 Å². The van der Waals surface area contributed by atoms with Gasteiger partial charge in [-0.1, -0.05) is 33.6 Å². The summed E-state index contributed by atoms with van der Waals surface area (Å²) in [4.78, 5) is 12.4.